The maximum absolute atomic E-state index is 8.86. The molecular formula is C11H16N2OS. The molecule has 3 nitrogen and oxygen atoms in total. The smallest absolute Gasteiger partial charge is 0.110 e. The Balaban J connectivity index is 2.46. The largest absolute Gasteiger partial charge is 0.396 e. The summed E-state index contributed by atoms with van der Waals surface area (Å²) < 4.78 is 0. The summed E-state index contributed by atoms with van der Waals surface area (Å²) >= 11 is 1.51. The average Bonchev–Trinajstić information content (AvgIpc) is 2.62. The van der Waals surface area contributed by atoms with Crippen LogP contribution in [0.25, 0.3) is 0 Å². The van der Waals surface area contributed by atoms with E-state index in [1.165, 1.54) is 11.3 Å². The fourth-order valence-electron chi connectivity index (χ4n) is 1.23. The van der Waals surface area contributed by atoms with Crippen molar-refractivity contribution in [3.05, 3.63) is 21.9 Å². The van der Waals surface area contributed by atoms with Gasteiger partial charge in [0.15, 0.2) is 0 Å². The minimum absolute atomic E-state index is 0.0639. The molecule has 1 rings (SSSR count). The first-order valence-corrected chi connectivity index (χ1v) is 5.74. The molecule has 4 heteroatoms. The van der Waals surface area contributed by atoms with Gasteiger partial charge in [0.05, 0.1) is 0 Å². The Morgan fingerprint density at radius 3 is 2.80 bits per heavy atom. The number of nitrogens with one attached hydrogen (secondary N) is 1. The normalized spacial score (nSPS) is 11.3. The van der Waals surface area contributed by atoms with Crippen molar-refractivity contribution in [1.82, 2.24) is 5.32 Å². The van der Waals surface area contributed by atoms with E-state index in [1.807, 2.05) is 12.1 Å². The van der Waals surface area contributed by atoms with Crippen LogP contribution >= 0.6 is 11.3 Å². The number of rotatable bonds is 5. The maximum Gasteiger partial charge on any atom is 0.110 e. The predicted molar refractivity (Wildman–Crippen MR) is 61.7 cm³/mol. The van der Waals surface area contributed by atoms with E-state index in [2.05, 4.69) is 25.2 Å². The van der Waals surface area contributed by atoms with Gasteiger partial charge in [0.25, 0.3) is 0 Å². The van der Waals surface area contributed by atoms with Crippen molar-refractivity contribution in [1.29, 1.82) is 5.26 Å². The van der Waals surface area contributed by atoms with Gasteiger partial charge in [-0.05, 0) is 32.4 Å². The zero-order chi connectivity index (χ0) is 11.3. The van der Waals surface area contributed by atoms with Gasteiger partial charge >= 0.3 is 0 Å². The zero-order valence-corrected chi connectivity index (χ0v) is 9.90. The molecule has 1 aromatic rings. The molecule has 0 radical (unpaired) electrons. The van der Waals surface area contributed by atoms with E-state index in [4.69, 9.17) is 10.4 Å². The van der Waals surface area contributed by atoms with E-state index in [9.17, 15) is 0 Å². The number of hydrogen-bond donors (Lipinski definition) is 2. The van der Waals surface area contributed by atoms with E-state index in [0.717, 1.165) is 22.7 Å². The molecule has 0 bridgehead atoms. The highest BCUT2D eigenvalue weighted by molar-refractivity contribution is 7.12. The van der Waals surface area contributed by atoms with Crippen molar-refractivity contribution in [2.24, 2.45) is 0 Å². The van der Waals surface area contributed by atoms with Crippen LogP contribution in [-0.2, 0) is 6.54 Å². The molecule has 0 aliphatic heterocycles. The summed E-state index contributed by atoms with van der Waals surface area (Å²) in [5, 5.41) is 20.9. The summed E-state index contributed by atoms with van der Waals surface area (Å²) in [5.74, 6) is 0. The SMILES string of the molecule is CC(C)(CCO)NCc1ccc(C#N)s1. The van der Waals surface area contributed by atoms with Gasteiger partial charge in [-0.25, -0.2) is 0 Å². The molecule has 0 amide bonds. The molecule has 82 valence electrons. The molecule has 2 N–H and O–H groups in total. The van der Waals surface area contributed by atoms with Crippen LogP contribution in [0, 0.1) is 11.3 Å². The molecule has 0 aliphatic rings. The second-order valence-corrected chi connectivity index (χ2v) is 5.26. The van der Waals surface area contributed by atoms with E-state index >= 15 is 0 Å². The third kappa shape index (κ3) is 4.00. The van der Waals surface area contributed by atoms with Crippen molar-refractivity contribution in [2.45, 2.75) is 32.4 Å². The van der Waals surface area contributed by atoms with Gasteiger partial charge < -0.3 is 10.4 Å². The van der Waals surface area contributed by atoms with Crippen LogP contribution in [0.2, 0.25) is 0 Å². The first-order valence-electron chi connectivity index (χ1n) is 4.92. The van der Waals surface area contributed by atoms with Crippen LogP contribution in [0.1, 0.15) is 30.0 Å². The van der Waals surface area contributed by atoms with Crippen LogP contribution in [0.5, 0.6) is 0 Å². The lowest BCUT2D eigenvalue weighted by Crippen LogP contribution is -2.39. The van der Waals surface area contributed by atoms with Gasteiger partial charge in [0.2, 0.25) is 0 Å². The Morgan fingerprint density at radius 1 is 1.53 bits per heavy atom. The molecule has 0 aliphatic carbocycles. The fraction of sp³-hybridized carbons (Fsp3) is 0.545. The van der Waals surface area contributed by atoms with Gasteiger partial charge in [0, 0.05) is 23.6 Å². The van der Waals surface area contributed by atoms with Crippen LogP contribution < -0.4 is 5.32 Å². The fourth-order valence-corrected chi connectivity index (χ4v) is 1.97. The van der Waals surface area contributed by atoms with Gasteiger partial charge in [-0.3, -0.25) is 0 Å². The third-order valence-electron chi connectivity index (χ3n) is 2.25. The van der Waals surface area contributed by atoms with Gasteiger partial charge in [-0.2, -0.15) is 5.26 Å². The molecule has 0 unspecified atom stereocenters. The van der Waals surface area contributed by atoms with Crippen molar-refractivity contribution < 1.29 is 5.11 Å². The Bertz CT molecular complexity index is 352. The monoisotopic (exact) mass is 224 g/mol. The lowest BCUT2D eigenvalue weighted by Gasteiger charge is -2.25. The standard InChI is InChI=1S/C11H16N2OS/c1-11(2,5-6-14)13-8-10-4-3-9(7-12)15-10/h3-4,13-14H,5-6,8H2,1-2H3. The van der Waals surface area contributed by atoms with Crippen molar-refractivity contribution in [3.63, 3.8) is 0 Å². The van der Waals surface area contributed by atoms with E-state index in [1.54, 1.807) is 0 Å². The van der Waals surface area contributed by atoms with Crippen molar-refractivity contribution in [3.8, 4) is 6.07 Å². The first kappa shape index (κ1) is 12.2. The van der Waals surface area contributed by atoms with Crippen molar-refractivity contribution in [2.75, 3.05) is 6.61 Å². The molecule has 0 aromatic carbocycles. The number of nitrogens with zero attached hydrogens (tertiary/aromatic N) is 1. The zero-order valence-electron chi connectivity index (χ0n) is 9.08. The van der Waals surface area contributed by atoms with Gasteiger partial charge in [0.1, 0.15) is 10.9 Å². The van der Waals surface area contributed by atoms with E-state index in [0.29, 0.717) is 0 Å². The number of aliphatic hydroxyl groups excluding tert-OH is 1. The Hall–Kier alpha value is -0.890. The number of aliphatic hydroxyl groups is 1. The summed E-state index contributed by atoms with van der Waals surface area (Å²) in [6.07, 6.45) is 0.726. The summed E-state index contributed by atoms with van der Waals surface area (Å²) in [6, 6.07) is 5.92. The van der Waals surface area contributed by atoms with Crippen molar-refractivity contribution >= 4 is 11.3 Å². The predicted octanol–water partition coefficient (Wildman–Crippen LogP) is 1.87. The Morgan fingerprint density at radius 2 is 2.27 bits per heavy atom. The lowest BCUT2D eigenvalue weighted by atomic mass is 10.0. The molecule has 0 spiro atoms. The van der Waals surface area contributed by atoms with Crippen LogP contribution in [-0.4, -0.2) is 17.3 Å². The molecule has 15 heavy (non-hydrogen) atoms. The van der Waals surface area contributed by atoms with E-state index in [-0.39, 0.29) is 12.1 Å². The molecule has 0 saturated carbocycles. The maximum atomic E-state index is 8.86. The minimum Gasteiger partial charge on any atom is -0.396 e. The number of nitriles is 1. The quantitative estimate of drug-likeness (QED) is 0.802. The molecule has 1 aromatic heterocycles. The molecular weight excluding hydrogens is 208 g/mol. The van der Waals surface area contributed by atoms with Crippen LogP contribution in [0.4, 0.5) is 0 Å². The number of thiophene rings is 1. The van der Waals surface area contributed by atoms with E-state index < -0.39 is 0 Å². The highest BCUT2D eigenvalue weighted by Gasteiger charge is 2.15. The summed E-state index contributed by atoms with van der Waals surface area (Å²) in [4.78, 5) is 1.89. The highest BCUT2D eigenvalue weighted by atomic mass is 32.1. The topological polar surface area (TPSA) is 56.0 Å². The van der Waals surface area contributed by atoms with Crippen LogP contribution in [0.3, 0.4) is 0 Å². The summed E-state index contributed by atoms with van der Waals surface area (Å²) in [7, 11) is 0. The average molecular weight is 224 g/mol. The molecule has 0 fully saturated rings. The minimum atomic E-state index is -0.0639. The first-order chi connectivity index (χ1) is 7.07. The highest BCUT2D eigenvalue weighted by Crippen LogP contribution is 2.16. The number of hydrogen-bond acceptors (Lipinski definition) is 4. The van der Waals surface area contributed by atoms with Gasteiger partial charge in [-0.15, -0.1) is 11.3 Å². The Labute approximate surface area is 94.4 Å². The molecule has 0 saturated heterocycles. The molecule has 0 atom stereocenters. The third-order valence-corrected chi connectivity index (χ3v) is 3.24. The van der Waals surface area contributed by atoms with Gasteiger partial charge in [-0.1, -0.05) is 0 Å². The lowest BCUT2D eigenvalue weighted by molar-refractivity contribution is 0.230. The summed E-state index contributed by atoms with van der Waals surface area (Å²) in [6.45, 7) is 5.05. The Kier molecular flexibility index (Phi) is 4.28. The van der Waals surface area contributed by atoms with Crippen LogP contribution in [0.15, 0.2) is 12.1 Å². The molecule has 1 heterocycles. The second kappa shape index (κ2) is 5.26. The second-order valence-electron chi connectivity index (χ2n) is 4.09. The summed E-state index contributed by atoms with van der Waals surface area (Å²) in [5.41, 5.74) is -0.0639.